The lowest BCUT2D eigenvalue weighted by Gasteiger charge is -2.05. The van der Waals surface area contributed by atoms with E-state index in [0.29, 0.717) is 0 Å². The Labute approximate surface area is 75.9 Å². The van der Waals surface area contributed by atoms with Crippen molar-refractivity contribution in [3.63, 3.8) is 0 Å². The normalized spacial score (nSPS) is 9.50. The van der Waals surface area contributed by atoms with Crippen LogP contribution in [0.2, 0.25) is 0 Å². The van der Waals surface area contributed by atoms with Crippen molar-refractivity contribution in [1.82, 2.24) is 0 Å². The van der Waals surface area contributed by atoms with Crippen LogP contribution < -0.4 is 9.47 Å². The van der Waals surface area contributed by atoms with Crippen molar-refractivity contribution in [1.29, 1.82) is 0 Å². The molecule has 2 nitrogen and oxygen atoms in total. The Kier molecular flexibility index (Phi) is 3.16. The molecule has 0 saturated heterocycles. The van der Waals surface area contributed by atoms with Crippen LogP contribution in [0.1, 0.15) is 5.56 Å². The summed E-state index contributed by atoms with van der Waals surface area (Å²) >= 11 is 0. The van der Waals surface area contributed by atoms with Crippen LogP contribution >= 0.6 is 0 Å². The zero-order valence-electron chi connectivity index (χ0n) is 7.46. The number of benzene rings is 1. The van der Waals surface area contributed by atoms with Gasteiger partial charge in [-0.1, -0.05) is 0 Å². The molecular weight excluding hydrogens is 168 g/mol. The minimum Gasteiger partial charge on any atom is -0.497 e. The van der Waals surface area contributed by atoms with Crippen molar-refractivity contribution in [2.75, 3.05) is 14.2 Å². The summed E-state index contributed by atoms with van der Waals surface area (Å²) in [6.45, 7) is 0. The van der Waals surface area contributed by atoms with Crippen molar-refractivity contribution in [2.24, 2.45) is 0 Å². The Bertz CT molecular complexity index is 205. The summed E-state index contributed by atoms with van der Waals surface area (Å²) < 4.78 is 10.2. The van der Waals surface area contributed by atoms with Crippen LogP contribution in [0.4, 0.5) is 0 Å². The van der Waals surface area contributed by atoms with Gasteiger partial charge in [-0.15, -0.1) is 0 Å². The van der Waals surface area contributed by atoms with Crippen molar-refractivity contribution < 1.29 is 9.47 Å². The van der Waals surface area contributed by atoms with Gasteiger partial charge in [-0.2, -0.15) is 0 Å². The summed E-state index contributed by atoms with van der Waals surface area (Å²) in [5.41, 5.74) is 1.24. The third kappa shape index (κ3) is 2.01. The molecule has 0 N–H and O–H groups in total. The fourth-order valence-electron chi connectivity index (χ4n) is 1.01. The Morgan fingerprint density at radius 2 is 1.58 bits per heavy atom. The zero-order valence-corrected chi connectivity index (χ0v) is 8.88. The number of hydrogen-bond donors (Lipinski definition) is 0. The van der Waals surface area contributed by atoms with Crippen LogP contribution in [0.15, 0.2) is 18.2 Å². The van der Waals surface area contributed by atoms with Crippen LogP contribution in [-0.4, -0.2) is 24.5 Å². The van der Waals surface area contributed by atoms with Gasteiger partial charge in [-0.25, -0.2) is 0 Å². The molecule has 0 bridgehead atoms. The van der Waals surface area contributed by atoms with Crippen LogP contribution in [0, 0.1) is 0 Å². The predicted molar refractivity (Wildman–Crippen MR) is 51.8 cm³/mol. The summed E-state index contributed by atoms with van der Waals surface area (Å²) in [6.07, 6.45) is 0. The first-order valence-electron chi connectivity index (χ1n) is 3.81. The van der Waals surface area contributed by atoms with E-state index in [1.807, 2.05) is 28.4 Å². The minimum absolute atomic E-state index is 0.857. The molecule has 0 unspecified atom stereocenters. The highest BCUT2D eigenvalue weighted by molar-refractivity contribution is 6.08. The van der Waals surface area contributed by atoms with E-state index in [-0.39, 0.29) is 0 Å². The summed E-state index contributed by atoms with van der Waals surface area (Å²) in [5.74, 6) is 1.71. The van der Waals surface area contributed by atoms with Gasteiger partial charge in [-0.05, 0) is 17.7 Å². The third-order valence-electron chi connectivity index (χ3n) is 1.70. The van der Waals surface area contributed by atoms with E-state index in [0.717, 1.165) is 17.5 Å². The van der Waals surface area contributed by atoms with Crippen LogP contribution in [0.25, 0.3) is 0 Å². The summed E-state index contributed by atoms with van der Waals surface area (Å²) in [4.78, 5) is 0. The van der Waals surface area contributed by atoms with Gasteiger partial charge in [0.1, 0.15) is 11.5 Å². The highest BCUT2D eigenvalue weighted by Crippen LogP contribution is 2.21. The van der Waals surface area contributed by atoms with Gasteiger partial charge in [0.05, 0.1) is 20.3 Å². The van der Waals surface area contributed by atoms with Crippen molar-refractivity contribution >= 4 is 10.2 Å². The quantitative estimate of drug-likeness (QED) is 0.643. The molecule has 0 fully saturated rings. The van der Waals surface area contributed by atoms with Gasteiger partial charge in [0.2, 0.25) is 0 Å². The maximum atomic E-state index is 5.12. The first-order chi connectivity index (χ1) is 5.80. The van der Waals surface area contributed by atoms with Gasteiger partial charge in [-0.3, -0.25) is 0 Å². The smallest absolute Gasteiger partial charge is 0.288 e. The number of hydrogen-bond acceptors (Lipinski definition) is 2. The monoisotopic (exact) mass is 181 g/mol. The van der Waals surface area contributed by atoms with E-state index in [2.05, 4.69) is 0 Å². The Balaban J connectivity index is 3.01. The highest BCUT2D eigenvalue weighted by Gasteiger charge is 2.01. The van der Waals surface area contributed by atoms with Gasteiger partial charge in [0, 0.05) is 6.07 Å². The minimum atomic E-state index is 0.857. The van der Waals surface area contributed by atoms with E-state index in [1.54, 1.807) is 14.2 Å². The molecule has 0 atom stereocenters. The fraction of sp³-hybridized carbons (Fsp3) is 0.333. The fourth-order valence-corrected chi connectivity index (χ4v) is 1.30. The molecule has 1 aromatic carbocycles. The van der Waals surface area contributed by atoms with Gasteiger partial charge in [0.25, 0.3) is 10.2 Å². The molecule has 64 valence electrons. The molecule has 0 aromatic heterocycles. The Morgan fingerprint density at radius 1 is 1.08 bits per heavy atom. The second-order valence-corrected chi connectivity index (χ2v) is 2.97. The average Bonchev–Trinajstić information content (AvgIpc) is 2.16. The van der Waals surface area contributed by atoms with Gasteiger partial charge >= 0.3 is 0 Å². The molecule has 0 radical (unpaired) electrons. The van der Waals surface area contributed by atoms with Gasteiger partial charge in [0.15, 0.2) is 0 Å². The molecule has 3 heteroatoms. The van der Waals surface area contributed by atoms with E-state index in [1.165, 1.54) is 5.56 Å². The first kappa shape index (κ1) is 9.13. The largest absolute Gasteiger partial charge is 0.497 e. The second-order valence-electron chi connectivity index (χ2n) is 2.47. The Morgan fingerprint density at radius 3 is 1.92 bits per heavy atom. The lowest BCUT2D eigenvalue weighted by molar-refractivity contribution is 0.393. The van der Waals surface area contributed by atoms with Crippen LogP contribution in [0.3, 0.4) is 0 Å². The first-order valence-corrected chi connectivity index (χ1v) is 4.81. The average molecular weight is 181 g/mol. The van der Waals surface area contributed by atoms with E-state index in [4.69, 9.17) is 9.47 Å². The summed E-state index contributed by atoms with van der Waals surface area (Å²) in [7, 11) is 5.24. The summed E-state index contributed by atoms with van der Waals surface area (Å²) in [6, 6.07) is 6.95. The van der Waals surface area contributed by atoms with Crippen LogP contribution in [0.5, 0.6) is 11.5 Å². The molecule has 0 aliphatic carbocycles. The molecule has 0 heterocycles. The maximum Gasteiger partial charge on any atom is 0.288 e. The molecular formula is C9H13O2Si+. The molecule has 0 spiro atoms. The molecule has 0 saturated carbocycles. The number of ether oxygens (including phenoxy) is 2. The third-order valence-corrected chi connectivity index (χ3v) is 2.28. The SMILES string of the molecule is COc1cc(C[SiH2+])cc(OC)c1. The van der Waals surface area contributed by atoms with E-state index < -0.39 is 0 Å². The Hall–Kier alpha value is -0.963. The lowest BCUT2D eigenvalue weighted by Crippen LogP contribution is -1.91. The second kappa shape index (κ2) is 4.16. The van der Waals surface area contributed by atoms with Gasteiger partial charge < -0.3 is 9.47 Å². The lowest BCUT2D eigenvalue weighted by atomic mass is 10.2. The summed E-state index contributed by atoms with van der Waals surface area (Å²) in [5, 5.41) is 0. The van der Waals surface area contributed by atoms with Crippen molar-refractivity contribution in [3.8, 4) is 11.5 Å². The predicted octanol–water partition coefficient (Wildman–Crippen LogP) is 0.837. The standard InChI is InChI=1S/C9H13O2Si/c1-10-8-3-7(6-12)4-9(5-8)11-2/h3-5H,6,12H2,1-2H3/q+1. The topological polar surface area (TPSA) is 18.5 Å². The molecule has 12 heavy (non-hydrogen) atoms. The number of methoxy groups -OCH3 is 2. The number of rotatable bonds is 3. The molecule has 0 aliphatic heterocycles. The highest BCUT2D eigenvalue weighted by atomic mass is 28.1. The molecule has 1 aromatic rings. The molecule has 1 rings (SSSR count). The van der Waals surface area contributed by atoms with E-state index in [9.17, 15) is 0 Å². The maximum absolute atomic E-state index is 5.12. The van der Waals surface area contributed by atoms with Crippen LogP contribution in [-0.2, 0) is 6.04 Å². The van der Waals surface area contributed by atoms with E-state index >= 15 is 0 Å². The van der Waals surface area contributed by atoms with Crippen molar-refractivity contribution in [2.45, 2.75) is 6.04 Å². The molecule has 0 aliphatic rings. The van der Waals surface area contributed by atoms with Crippen molar-refractivity contribution in [3.05, 3.63) is 23.8 Å². The molecule has 0 amide bonds. The zero-order chi connectivity index (χ0) is 8.97.